The van der Waals surface area contributed by atoms with Gasteiger partial charge in [0, 0.05) is 24.0 Å². The van der Waals surface area contributed by atoms with Gasteiger partial charge in [0.1, 0.15) is 23.0 Å². The SMILES string of the molecule is N[C@@H]1COc2cccc(OS(=O)(=O)c3cccnc3)c2C1. The summed E-state index contributed by atoms with van der Waals surface area (Å²) < 4.78 is 35.2. The molecule has 0 amide bonds. The number of rotatable bonds is 3. The Balaban J connectivity index is 1.96. The first-order chi connectivity index (χ1) is 10.1. The van der Waals surface area contributed by atoms with Crippen LogP contribution in [-0.2, 0) is 16.5 Å². The van der Waals surface area contributed by atoms with Crippen molar-refractivity contribution >= 4 is 10.1 Å². The molecule has 110 valence electrons. The van der Waals surface area contributed by atoms with Gasteiger partial charge in [-0.05, 0) is 30.7 Å². The number of nitrogens with zero attached hydrogens (tertiary/aromatic N) is 1. The van der Waals surface area contributed by atoms with Crippen molar-refractivity contribution in [1.82, 2.24) is 4.98 Å². The molecule has 0 aliphatic carbocycles. The minimum Gasteiger partial charge on any atom is -0.492 e. The van der Waals surface area contributed by atoms with Crippen LogP contribution in [0.25, 0.3) is 0 Å². The van der Waals surface area contributed by atoms with E-state index < -0.39 is 10.1 Å². The standard InChI is InChI=1S/C14H14N2O4S/c15-10-7-12-13(19-9-10)4-1-5-14(12)20-21(17,18)11-3-2-6-16-8-11/h1-6,8,10H,7,9,15H2/t10-/m0/s1. The highest BCUT2D eigenvalue weighted by atomic mass is 32.2. The molecule has 0 saturated carbocycles. The van der Waals surface area contributed by atoms with Gasteiger partial charge in [-0.1, -0.05) is 6.07 Å². The lowest BCUT2D eigenvalue weighted by atomic mass is 10.0. The van der Waals surface area contributed by atoms with Gasteiger partial charge in [0.05, 0.1) is 0 Å². The zero-order chi connectivity index (χ0) is 14.9. The molecule has 1 aliphatic rings. The molecule has 0 bridgehead atoms. The number of ether oxygens (including phenoxy) is 1. The van der Waals surface area contributed by atoms with Crippen LogP contribution >= 0.6 is 0 Å². The molecule has 1 aliphatic heterocycles. The van der Waals surface area contributed by atoms with Crippen LogP contribution < -0.4 is 14.7 Å². The van der Waals surface area contributed by atoms with Crippen LogP contribution in [0.1, 0.15) is 5.56 Å². The van der Waals surface area contributed by atoms with Crippen LogP contribution in [0.15, 0.2) is 47.6 Å². The van der Waals surface area contributed by atoms with E-state index in [2.05, 4.69) is 4.98 Å². The summed E-state index contributed by atoms with van der Waals surface area (Å²) in [5, 5.41) is 0. The number of nitrogens with two attached hydrogens (primary N) is 1. The van der Waals surface area contributed by atoms with Gasteiger partial charge in [-0.15, -0.1) is 0 Å². The molecule has 0 fully saturated rings. The zero-order valence-electron chi connectivity index (χ0n) is 11.1. The summed E-state index contributed by atoms with van der Waals surface area (Å²) in [5.74, 6) is 0.849. The normalized spacial score (nSPS) is 17.7. The van der Waals surface area contributed by atoms with E-state index in [1.807, 2.05) is 0 Å². The predicted molar refractivity (Wildman–Crippen MR) is 75.7 cm³/mol. The fourth-order valence-corrected chi connectivity index (χ4v) is 3.06. The fourth-order valence-electron chi connectivity index (χ4n) is 2.14. The van der Waals surface area contributed by atoms with Crippen molar-refractivity contribution in [1.29, 1.82) is 0 Å². The number of hydrogen-bond donors (Lipinski definition) is 1. The quantitative estimate of drug-likeness (QED) is 0.854. The molecule has 2 heterocycles. The number of pyridine rings is 1. The molecule has 2 N–H and O–H groups in total. The third kappa shape index (κ3) is 2.84. The van der Waals surface area contributed by atoms with E-state index in [1.165, 1.54) is 24.5 Å². The average molecular weight is 306 g/mol. The maximum atomic E-state index is 12.2. The molecule has 0 spiro atoms. The Bertz CT molecular complexity index is 747. The molecule has 2 aromatic rings. The van der Waals surface area contributed by atoms with Gasteiger partial charge in [-0.3, -0.25) is 4.98 Å². The Morgan fingerprint density at radius 2 is 2.14 bits per heavy atom. The summed E-state index contributed by atoms with van der Waals surface area (Å²) in [7, 11) is -3.92. The largest absolute Gasteiger partial charge is 0.492 e. The number of hydrogen-bond acceptors (Lipinski definition) is 6. The minimum atomic E-state index is -3.92. The summed E-state index contributed by atoms with van der Waals surface area (Å²) in [4.78, 5) is 3.79. The lowest BCUT2D eigenvalue weighted by Gasteiger charge is -2.24. The first kappa shape index (κ1) is 13.8. The van der Waals surface area contributed by atoms with Gasteiger partial charge in [0.2, 0.25) is 0 Å². The molecule has 6 nitrogen and oxygen atoms in total. The monoisotopic (exact) mass is 306 g/mol. The first-order valence-corrected chi connectivity index (χ1v) is 7.82. The summed E-state index contributed by atoms with van der Waals surface area (Å²) in [5.41, 5.74) is 6.52. The van der Waals surface area contributed by atoms with E-state index in [0.29, 0.717) is 24.3 Å². The highest BCUT2D eigenvalue weighted by molar-refractivity contribution is 7.87. The molecule has 0 radical (unpaired) electrons. The van der Waals surface area contributed by atoms with Crippen LogP contribution in [0.3, 0.4) is 0 Å². The second-order valence-electron chi connectivity index (χ2n) is 4.73. The second-order valence-corrected chi connectivity index (χ2v) is 6.28. The van der Waals surface area contributed by atoms with Crippen molar-refractivity contribution in [2.24, 2.45) is 5.73 Å². The zero-order valence-corrected chi connectivity index (χ0v) is 11.9. The summed E-state index contributed by atoms with van der Waals surface area (Å²) in [6.07, 6.45) is 3.25. The van der Waals surface area contributed by atoms with E-state index in [9.17, 15) is 8.42 Å². The van der Waals surface area contributed by atoms with Crippen molar-refractivity contribution in [3.63, 3.8) is 0 Å². The van der Waals surface area contributed by atoms with Crippen LogP contribution in [-0.4, -0.2) is 26.1 Å². The lowest BCUT2D eigenvalue weighted by molar-refractivity contribution is 0.261. The third-order valence-corrected chi connectivity index (χ3v) is 4.35. The van der Waals surface area contributed by atoms with Crippen molar-refractivity contribution in [2.75, 3.05) is 6.61 Å². The van der Waals surface area contributed by atoms with Crippen LogP contribution in [0.4, 0.5) is 0 Å². The fraction of sp³-hybridized carbons (Fsp3) is 0.214. The Labute approximate surface area is 122 Å². The van der Waals surface area contributed by atoms with Crippen molar-refractivity contribution < 1.29 is 17.3 Å². The molecule has 7 heteroatoms. The average Bonchev–Trinajstić information content (AvgIpc) is 2.48. The first-order valence-electron chi connectivity index (χ1n) is 6.41. The number of fused-ring (bicyclic) bond motifs is 1. The Kier molecular flexibility index (Phi) is 3.52. The van der Waals surface area contributed by atoms with Gasteiger partial charge in [0.15, 0.2) is 0 Å². The predicted octanol–water partition coefficient (Wildman–Crippen LogP) is 1.11. The van der Waals surface area contributed by atoms with Crippen molar-refractivity contribution in [2.45, 2.75) is 17.4 Å². The molecule has 0 saturated heterocycles. The van der Waals surface area contributed by atoms with E-state index in [0.717, 1.165) is 0 Å². The topological polar surface area (TPSA) is 91.5 Å². The van der Waals surface area contributed by atoms with Crippen molar-refractivity contribution in [3.8, 4) is 11.5 Å². The van der Waals surface area contributed by atoms with Gasteiger partial charge in [-0.2, -0.15) is 8.42 Å². The number of aromatic nitrogens is 1. The van der Waals surface area contributed by atoms with Crippen molar-refractivity contribution in [3.05, 3.63) is 48.3 Å². The smallest absolute Gasteiger partial charge is 0.340 e. The Morgan fingerprint density at radius 1 is 1.29 bits per heavy atom. The molecule has 1 aromatic heterocycles. The second kappa shape index (κ2) is 5.34. The van der Waals surface area contributed by atoms with Crippen LogP contribution in [0, 0.1) is 0 Å². The van der Waals surface area contributed by atoms with Crippen LogP contribution in [0.5, 0.6) is 11.5 Å². The molecule has 1 aromatic carbocycles. The Hall–Kier alpha value is -2.12. The van der Waals surface area contributed by atoms with Gasteiger partial charge >= 0.3 is 10.1 Å². The summed E-state index contributed by atoms with van der Waals surface area (Å²) in [6, 6.07) is 7.83. The van der Waals surface area contributed by atoms with E-state index in [-0.39, 0.29) is 16.7 Å². The van der Waals surface area contributed by atoms with E-state index >= 15 is 0 Å². The molecular formula is C14H14N2O4S. The maximum Gasteiger partial charge on any atom is 0.340 e. The molecule has 3 rings (SSSR count). The van der Waals surface area contributed by atoms with E-state index in [1.54, 1.807) is 18.2 Å². The van der Waals surface area contributed by atoms with E-state index in [4.69, 9.17) is 14.7 Å². The highest BCUT2D eigenvalue weighted by Gasteiger charge is 2.24. The minimum absolute atomic E-state index is 0.00336. The molecule has 21 heavy (non-hydrogen) atoms. The highest BCUT2D eigenvalue weighted by Crippen LogP contribution is 2.33. The molecular weight excluding hydrogens is 292 g/mol. The third-order valence-electron chi connectivity index (χ3n) is 3.13. The maximum absolute atomic E-state index is 12.2. The summed E-state index contributed by atoms with van der Waals surface area (Å²) in [6.45, 7) is 0.409. The van der Waals surface area contributed by atoms with Gasteiger partial charge < -0.3 is 14.7 Å². The summed E-state index contributed by atoms with van der Waals surface area (Å²) >= 11 is 0. The molecule has 0 unspecified atom stereocenters. The van der Waals surface area contributed by atoms with Gasteiger partial charge in [0.25, 0.3) is 0 Å². The Morgan fingerprint density at radius 3 is 2.90 bits per heavy atom. The number of benzene rings is 1. The lowest BCUT2D eigenvalue weighted by Crippen LogP contribution is -2.34. The van der Waals surface area contributed by atoms with Crippen LogP contribution in [0.2, 0.25) is 0 Å². The molecule has 1 atom stereocenters. The van der Waals surface area contributed by atoms with Gasteiger partial charge in [-0.25, -0.2) is 0 Å².